The summed E-state index contributed by atoms with van der Waals surface area (Å²) in [7, 11) is 0. The van der Waals surface area contributed by atoms with E-state index in [4.69, 9.17) is 0 Å². The van der Waals surface area contributed by atoms with Gasteiger partial charge in [0.05, 0.1) is 0 Å². The molecule has 0 N–H and O–H groups in total. The minimum absolute atomic E-state index is 0. The third-order valence-corrected chi connectivity index (χ3v) is 30.8. The van der Waals surface area contributed by atoms with Gasteiger partial charge >= 0.3 is 0 Å². The maximum atomic E-state index is 2.37. The van der Waals surface area contributed by atoms with Crippen LogP contribution in [0.1, 0.15) is 250 Å². The van der Waals surface area contributed by atoms with Crippen molar-refractivity contribution in [3.8, 4) is 0 Å². The molecule has 0 heterocycles. The normalized spacial score (nSPS) is 20.9. The fraction of sp³-hybridized carbons (Fsp3) is 0.926. The van der Waals surface area contributed by atoms with Crippen LogP contribution < -0.4 is 0 Å². The largest absolute Gasteiger partial charge is 0.268 e. The van der Waals surface area contributed by atoms with Crippen LogP contribution in [-0.4, -0.2) is 58.7 Å². The van der Waals surface area contributed by atoms with Gasteiger partial charge in [-0.15, -0.1) is 0 Å². The van der Waals surface area contributed by atoms with E-state index in [1.165, 1.54) is 76.9 Å². The van der Waals surface area contributed by atoms with Crippen molar-refractivity contribution in [2.75, 3.05) is 0 Å². The highest BCUT2D eigenvalue weighted by molar-refractivity contribution is 6.62. The maximum absolute atomic E-state index is 2.37. The van der Waals surface area contributed by atoms with Gasteiger partial charge in [0, 0.05) is 4.28 Å². The van der Waals surface area contributed by atoms with Crippen LogP contribution >= 0.6 is 0 Å². The molecule has 0 aromatic rings. The van der Waals surface area contributed by atoms with Gasteiger partial charge in [0.1, 0.15) is 0 Å². The van der Waals surface area contributed by atoms with E-state index in [2.05, 4.69) is 52.0 Å². The van der Waals surface area contributed by atoms with E-state index in [0.717, 1.165) is 11.8 Å². The number of rotatable bonds is 20. The van der Waals surface area contributed by atoms with E-state index < -0.39 is 28.3 Å². The molecule has 0 spiro atoms. The molecule has 0 aromatic carbocycles. The van der Waals surface area contributed by atoms with Crippen LogP contribution in [0.5, 0.6) is 0 Å². The van der Waals surface area contributed by atoms with Gasteiger partial charge in [-0.1, -0.05) is 282 Å². The monoisotopic (exact) mass is 870 g/mol. The molecule has 0 atom stereocenters. The zero-order chi connectivity index (χ0) is 41.1. The second-order valence-corrected chi connectivity index (χ2v) is 33.5. The summed E-state index contributed by atoms with van der Waals surface area (Å²) in [6, 6.07) is 0. The van der Waals surface area contributed by atoms with Crippen molar-refractivity contribution in [2.45, 2.75) is 297 Å². The van der Waals surface area contributed by atoms with Gasteiger partial charge in [0.15, 0.2) is 0 Å². The second kappa shape index (κ2) is 37.9. The molecule has 0 bridgehead atoms. The van der Waals surface area contributed by atoms with Gasteiger partial charge in [0.2, 0.25) is 30.4 Å². The zero-order valence-corrected chi connectivity index (χ0v) is 45.8. The molecule has 6 aliphatic rings. The average molecular weight is 870 g/mol. The topological polar surface area (TPSA) is 0 Å². The van der Waals surface area contributed by atoms with Gasteiger partial charge in [-0.05, 0) is 51.4 Å². The van der Waals surface area contributed by atoms with Crippen LogP contribution in [0.25, 0.3) is 0 Å². The van der Waals surface area contributed by atoms with E-state index >= 15 is 0 Å². The number of hydrogen-bond acceptors (Lipinski definition) is 0. The molecule has 6 aliphatic carbocycles. The molecule has 0 radical (unpaired) electrons. The van der Waals surface area contributed by atoms with Crippen molar-refractivity contribution >= 4 is 58.7 Å². The van der Waals surface area contributed by atoms with Crippen LogP contribution in [0.3, 0.4) is 0 Å². The predicted molar refractivity (Wildman–Crippen MR) is 281 cm³/mol. The quantitative estimate of drug-likeness (QED) is 0.0650. The molecule has 0 saturated heterocycles. The Kier molecular flexibility index (Phi) is 35.3. The van der Waals surface area contributed by atoms with Crippen molar-refractivity contribution in [3.05, 3.63) is 24.3 Å². The highest BCUT2D eigenvalue weighted by Gasteiger charge is 2.37. The van der Waals surface area contributed by atoms with Crippen molar-refractivity contribution in [1.29, 1.82) is 0 Å². The van der Waals surface area contributed by atoms with Gasteiger partial charge in [-0.25, -0.2) is 0 Å². The number of hydrogen-bond donors (Lipinski definition) is 0. The Morgan fingerprint density at radius 2 is 0.655 bits per heavy atom. The molecule has 6 rings (SSSR count). The molecule has 4 saturated carbocycles. The zero-order valence-electron chi connectivity index (χ0n) is 40.6. The predicted octanol–water partition coefficient (Wildman–Crippen LogP) is 19.5. The molecule has 58 heavy (non-hydrogen) atoms. The lowest BCUT2D eigenvalue weighted by molar-refractivity contribution is 0.457. The molecule has 0 nitrogen and oxygen atoms in total. The molecular weight excluding hydrogens is 757 g/mol. The van der Waals surface area contributed by atoms with Crippen molar-refractivity contribution in [1.82, 2.24) is 0 Å². The first kappa shape index (κ1) is 53.9. The van der Waals surface area contributed by atoms with Crippen LogP contribution in [-0.2, 0) is 0 Å². The summed E-state index contributed by atoms with van der Waals surface area (Å²) in [4.78, 5) is 0. The Labute approximate surface area is 393 Å². The fourth-order valence-corrected chi connectivity index (χ4v) is 26.3. The van der Waals surface area contributed by atoms with Crippen LogP contribution in [0.15, 0.2) is 24.3 Å². The minimum Gasteiger partial charge on any atom is -0.0972 e. The molecule has 0 unspecified atom stereocenters. The first-order valence-electron chi connectivity index (χ1n) is 27.8. The Morgan fingerprint density at radius 1 is 0.379 bits per heavy atom. The fourth-order valence-electron chi connectivity index (χ4n) is 12.4. The molecule has 4 fully saturated rings. The summed E-state index contributed by atoms with van der Waals surface area (Å²) in [5.74, 6) is 1.94. The summed E-state index contributed by atoms with van der Waals surface area (Å²) < 4.78 is 5.01. The molecule has 338 valence electrons. The van der Waals surface area contributed by atoms with Crippen molar-refractivity contribution in [3.63, 3.8) is 0 Å². The maximum Gasteiger partial charge on any atom is 0.268 e. The number of allylic oxidation sites excluding steroid dienone is 4. The molecular formula is C54H110Al4. The van der Waals surface area contributed by atoms with E-state index in [0.29, 0.717) is 30.4 Å². The lowest BCUT2D eigenvalue weighted by Gasteiger charge is -2.35. The van der Waals surface area contributed by atoms with Crippen LogP contribution in [0.2, 0.25) is 50.8 Å². The average Bonchev–Trinajstić information content (AvgIpc) is 3.28. The lowest BCUT2D eigenvalue weighted by atomic mass is 9.99. The SMILES string of the molecule is C1=CCCCC1.C1=CCCCC1.C1CC[CH]([Al]([CH2]CCC[CH2][Al]([CH]2CCCCC2)[CH]2CCCCC2)[CH]2CCCCC2)CC1.CC(C)[CH2][AlH][CH2]CCC[CH2][AlH][CH2]C(C)C.[2HH].[2HH].[2HH]. The van der Waals surface area contributed by atoms with E-state index in [-0.39, 0.29) is 4.28 Å². The number of unbranched alkanes of at least 4 members (excludes halogenated alkanes) is 4. The molecule has 0 amide bonds. The summed E-state index contributed by atoms with van der Waals surface area (Å²) in [6.07, 6.45) is 61.5. The first-order chi connectivity index (χ1) is 28.5. The van der Waals surface area contributed by atoms with E-state index in [1.54, 1.807) is 192 Å². The van der Waals surface area contributed by atoms with Crippen LogP contribution in [0, 0.1) is 11.8 Å². The van der Waals surface area contributed by atoms with Gasteiger partial charge < -0.3 is 0 Å². The summed E-state index contributed by atoms with van der Waals surface area (Å²) in [5.41, 5.74) is 0. The van der Waals surface area contributed by atoms with Crippen LogP contribution in [0.4, 0.5) is 0 Å². The second-order valence-electron chi connectivity index (χ2n) is 21.9. The Bertz CT molecular complexity index is 826. The Balaban J connectivity index is 0.000000994. The van der Waals surface area contributed by atoms with E-state index in [9.17, 15) is 0 Å². The lowest BCUT2D eigenvalue weighted by Crippen LogP contribution is -2.30. The van der Waals surface area contributed by atoms with Gasteiger partial charge in [0.25, 0.3) is 28.3 Å². The smallest absolute Gasteiger partial charge is 0.0972 e. The standard InChI is InChI=1S/4C6H11.2C6H10.2C5H10.2C4H9.4Al.3H2.2H/c6*1-2-4-6-5-3-1;2*1-3-5-4-2;2*1-4(2)3;;;;;;;;;/h4*1H,2-6H2;2*1-2H,3-6H2;2*1-5H2;2*4H,1H2,2-3H3;;;;;3*1H;;/i;;;;;;;;;;;;;;3*1+1;;. The highest BCUT2D eigenvalue weighted by Crippen LogP contribution is 2.45. The Morgan fingerprint density at radius 3 is 0.897 bits per heavy atom. The third kappa shape index (κ3) is 27.7. The van der Waals surface area contributed by atoms with E-state index in [1.807, 2.05) is 0 Å². The minimum atomic E-state index is -0.508. The summed E-state index contributed by atoms with van der Waals surface area (Å²) in [6.45, 7) is 9.46. The van der Waals surface area contributed by atoms with Crippen molar-refractivity contribution in [2.24, 2.45) is 11.8 Å². The van der Waals surface area contributed by atoms with Gasteiger partial charge in [-0.3, -0.25) is 0 Å². The molecule has 0 aliphatic heterocycles. The van der Waals surface area contributed by atoms with Crippen molar-refractivity contribution < 1.29 is 4.28 Å². The Hall–Kier alpha value is 1.61. The summed E-state index contributed by atoms with van der Waals surface area (Å²) in [5, 5.41) is 9.86. The first-order valence-corrected chi connectivity index (χ1v) is 36.1. The summed E-state index contributed by atoms with van der Waals surface area (Å²) >= 11 is -0.371. The molecule has 0 aromatic heterocycles. The molecule has 4 heteroatoms. The van der Waals surface area contributed by atoms with Gasteiger partial charge in [-0.2, -0.15) is 0 Å². The highest BCUT2D eigenvalue weighted by atomic mass is 27.2. The third-order valence-electron chi connectivity index (χ3n) is 16.0.